The lowest BCUT2D eigenvalue weighted by molar-refractivity contribution is 0.0783. The minimum Gasteiger partial charge on any atom is -0.472 e. The molecule has 6 heteroatoms. The Morgan fingerprint density at radius 3 is 2.42 bits per heavy atom. The average molecular weight is 269 g/mol. The molecule has 0 fully saturated rings. The van der Waals surface area contributed by atoms with Crippen molar-refractivity contribution < 1.29 is 22.4 Å². The summed E-state index contributed by atoms with van der Waals surface area (Å²) in [7, 11) is 1.47. The van der Waals surface area contributed by atoms with Crippen LogP contribution in [0.2, 0.25) is 0 Å². The summed E-state index contributed by atoms with van der Waals surface area (Å²) in [5.41, 5.74) is 0.487. The average Bonchev–Trinajstić information content (AvgIpc) is 2.87. The van der Waals surface area contributed by atoms with E-state index in [4.69, 9.17) is 4.42 Å². The van der Waals surface area contributed by atoms with Gasteiger partial charge in [0.1, 0.15) is 0 Å². The molecule has 100 valence electrons. The fourth-order valence-electron chi connectivity index (χ4n) is 1.63. The molecule has 1 heterocycles. The van der Waals surface area contributed by atoms with Gasteiger partial charge >= 0.3 is 0 Å². The van der Waals surface area contributed by atoms with Crippen molar-refractivity contribution in [2.75, 3.05) is 7.05 Å². The third kappa shape index (κ3) is 2.78. The number of halogens is 3. The quantitative estimate of drug-likeness (QED) is 0.803. The number of hydrogen-bond donors (Lipinski definition) is 0. The van der Waals surface area contributed by atoms with Crippen LogP contribution in [0, 0.1) is 17.5 Å². The topological polar surface area (TPSA) is 33.5 Å². The zero-order chi connectivity index (χ0) is 14.0. The highest BCUT2D eigenvalue weighted by atomic mass is 19.2. The van der Waals surface area contributed by atoms with Gasteiger partial charge in [0.15, 0.2) is 17.5 Å². The summed E-state index contributed by atoms with van der Waals surface area (Å²) in [5, 5.41) is 0. The molecular formula is C13H10F3NO2. The molecule has 0 bridgehead atoms. The molecule has 3 nitrogen and oxygen atoms in total. The van der Waals surface area contributed by atoms with Crippen LogP contribution in [0.5, 0.6) is 0 Å². The summed E-state index contributed by atoms with van der Waals surface area (Å²) < 4.78 is 43.7. The molecule has 1 aromatic carbocycles. The molecular weight excluding hydrogens is 259 g/mol. The number of hydrogen-bond acceptors (Lipinski definition) is 2. The third-order valence-corrected chi connectivity index (χ3v) is 2.58. The van der Waals surface area contributed by atoms with Gasteiger partial charge in [-0.1, -0.05) is 0 Å². The van der Waals surface area contributed by atoms with E-state index in [9.17, 15) is 18.0 Å². The Morgan fingerprint density at radius 1 is 1.26 bits per heavy atom. The lowest BCUT2D eigenvalue weighted by atomic mass is 10.1. The Kier molecular flexibility index (Phi) is 3.59. The standard InChI is InChI=1S/C13H10F3NO2/c1-17(6-8-2-3-19-7-8)13(18)9-4-10(14)12(16)11(15)5-9/h2-5,7H,6H2,1H3. The van der Waals surface area contributed by atoms with Gasteiger partial charge in [0.2, 0.25) is 0 Å². The number of benzene rings is 1. The molecule has 2 aromatic rings. The molecule has 0 spiro atoms. The van der Waals surface area contributed by atoms with E-state index in [0.29, 0.717) is 12.1 Å². The molecule has 0 saturated carbocycles. The summed E-state index contributed by atoms with van der Waals surface area (Å²) in [5.74, 6) is -4.98. The van der Waals surface area contributed by atoms with Gasteiger partial charge in [-0.05, 0) is 18.2 Å². The zero-order valence-corrected chi connectivity index (χ0v) is 9.99. The first-order valence-corrected chi connectivity index (χ1v) is 5.40. The van der Waals surface area contributed by atoms with Crippen LogP contribution < -0.4 is 0 Å². The Hall–Kier alpha value is -2.24. The molecule has 1 aromatic heterocycles. The van der Waals surface area contributed by atoms with Crippen molar-refractivity contribution in [2.24, 2.45) is 0 Å². The lowest BCUT2D eigenvalue weighted by Crippen LogP contribution is -2.26. The second kappa shape index (κ2) is 5.17. The maximum absolute atomic E-state index is 13.0. The van der Waals surface area contributed by atoms with E-state index in [1.165, 1.54) is 24.5 Å². The molecule has 0 aliphatic heterocycles. The molecule has 0 aliphatic rings. The summed E-state index contributed by atoms with van der Waals surface area (Å²) in [6.07, 6.45) is 2.90. The van der Waals surface area contributed by atoms with Gasteiger partial charge < -0.3 is 9.32 Å². The Bertz CT molecular complexity index is 573. The molecule has 0 unspecified atom stereocenters. The van der Waals surface area contributed by atoms with E-state index < -0.39 is 23.4 Å². The van der Waals surface area contributed by atoms with Crippen LogP contribution in [0.3, 0.4) is 0 Å². The monoisotopic (exact) mass is 269 g/mol. The number of rotatable bonds is 3. The number of carbonyl (C=O) groups is 1. The first-order valence-electron chi connectivity index (χ1n) is 5.40. The smallest absolute Gasteiger partial charge is 0.254 e. The van der Waals surface area contributed by atoms with E-state index in [1.54, 1.807) is 6.07 Å². The minimum absolute atomic E-state index is 0.218. The van der Waals surface area contributed by atoms with Crippen LogP contribution in [-0.4, -0.2) is 17.9 Å². The van der Waals surface area contributed by atoms with E-state index >= 15 is 0 Å². The number of carbonyl (C=O) groups excluding carboxylic acids is 1. The molecule has 0 N–H and O–H groups in total. The van der Waals surface area contributed by atoms with E-state index in [1.807, 2.05) is 0 Å². The van der Waals surface area contributed by atoms with Crippen molar-refractivity contribution in [3.05, 3.63) is 59.3 Å². The Morgan fingerprint density at radius 2 is 1.89 bits per heavy atom. The lowest BCUT2D eigenvalue weighted by Gasteiger charge is -2.16. The highest BCUT2D eigenvalue weighted by Crippen LogP contribution is 2.16. The molecule has 0 atom stereocenters. The largest absolute Gasteiger partial charge is 0.472 e. The van der Waals surface area contributed by atoms with E-state index in [0.717, 1.165) is 5.56 Å². The van der Waals surface area contributed by atoms with Crippen LogP contribution in [0.25, 0.3) is 0 Å². The van der Waals surface area contributed by atoms with Gasteiger partial charge in [-0.2, -0.15) is 0 Å². The van der Waals surface area contributed by atoms with Crippen molar-refractivity contribution in [3.63, 3.8) is 0 Å². The van der Waals surface area contributed by atoms with Gasteiger partial charge in [-0.25, -0.2) is 13.2 Å². The molecule has 0 saturated heterocycles. The second-order valence-corrected chi connectivity index (χ2v) is 4.05. The molecule has 0 aliphatic carbocycles. The van der Waals surface area contributed by atoms with Gasteiger partial charge in [0.05, 0.1) is 12.5 Å². The van der Waals surface area contributed by atoms with Crippen LogP contribution in [0.15, 0.2) is 35.1 Å². The fourth-order valence-corrected chi connectivity index (χ4v) is 1.63. The van der Waals surface area contributed by atoms with Crippen molar-refractivity contribution in [2.45, 2.75) is 6.54 Å². The Balaban J connectivity index is 2.19. The van der Waals surface area contributed by atoms with Gasteiger partial charge in [0, 0.05) is 24.7 Å². The highest BCUT2D eigenvalue weighted by molar-refractivity contribution is 5.94. The summed E-state index contributed by atoms with van der Waals surface area (Å²) >= 11 is 0. The first-order chi connectivity index (χ1) is 8.99. The molecule has 0 radical (unpaired) electrons. The third-order valence-electron chi connectivity index (χ3n) is 2.58. The maximum atomic E-state index is 13.0. The predicted molar refractivity (Wildman–Crippen MR) is 60.8 cm³/mol. The highest BCUT2D eigenvalue weighted by Gasteiger charge is 2.18. The van der Waals surface area contributed by atoms with Gasteiger partial charge in [-0.15, -0.1) is 0 Å². The van der Waals surface area contributed by atoms with Crippen LogP contribution >= 0.6 is 0 Å². The van der Waals surface area contributed by atoms with Crippen LogP contribution in [0.1, 0.15) is 15.9 Å². The fraction of sp³-hybridized carbons (Fsp3) is 0.154. The zero-order valence-electron chi connectivity index (χ0n) is 9.99. The summed E-state index contributed by atoms with van der Waals surface area (Å²) in [6, 6.07) is 3.01. The minimum atomic E-state index is -1.59. The molecule has 1 amide bonds. The number of nitrogens with zero attached hydrogens (tertiary/aromatic N) is 1. The SMILES string of the molecule is CN(Cc1ccoc1)C(=O)c1cc(F)c(F)c(F)c1. The molecule has 2 rings (SSSR count). The summed E-state index contributed by atoms with van der Waals surface area (Å²) in [4.78, 5) is 13.2. The Labute approximate surface area is 107 Å². The van der Waals surface area contributed by atoms with E-state index in [-0.39, 0.29) is 12.1 Å². The van der Waals surface area contributed by atoms with Crippen molar-refractivity contribution in [1.82, 2.24) is 4.90 Å². The van der Waals surface area contributed by atoms with Crippen LogP contribution in [-0.2, 0) is 6.54 Å². The van der Waals surface area contributed by atoms with Crippen molar-refractivity contribution in [1.29, 1.82) is 0 Å². The first kappa shape index (κ1) is 13.2. The number of amides is 1. The normalized spacial score (nSPS) is 10.5. The summed E-state index contributed by atoms with van der Waals surface area (Å²) in [6.45, 7) is 0.218. The van der Waals surface area contributed by atoms with Gasteiger partial charge in [-0.3, -0.25) is 4.79 Å². The predicted octanol–water partition coefficient (Wildman–Crippen LogP) is 2.97. The van der Waals surface area contributed by atoms with Gasteiger partial charge in [0.25, 0.3) is 5.91 Å². The van der Waals surface area contributed by atoms with Crippen molar-refractivity contribution in [3.8, 4) is 0 Å². The van der Waals surface area contributed by atoms with Crippen molar-refractivity contribution >= 4 is 5.91 Å². The van der Waals surface area contributed by atoms with E-state index in [2.05, 4.69) is 0 Å². The number of furan rings is 1. The molecule has 19 heavy (non-hydrogen) atoms. The maximum Gasteiger partial charge on any atom is 0.254 e. The van der Waals surface area contributed by atoms with Crippen LogP contribution in [0.4, 0.5) is 13.2 Å². The second-order valence-electron chi connectivity index (χ2n) is 4.05.